The van der Waals surface area contributed by atoms with Crippen molar-refractivity contribution in [2.75, 3.05) is 12.8 Å². The molecule has 0 bridgehead atoms. The van der Waals surface area contributed by atoms with E-state index >= 15 is 0 Å². The van der Waals surface area contributed by atoms with Crippen molar-refractivity contribution in [3.63, 3.8) is 0 Å². The number of nitrogens with two attached hydrogens (primary N) is 1. The van der Waals surface area contributed by atoms with Crippen LogP contribution >= 0.6 is 11.8 Å². The van der Waals surface area contributed by atoms with Gasteiger partial charge in [-0.2, -0.15) is 11.8 Å². The second-order valence-electron chi connectivity index (χ2n) is 5.55. The van der Waals surface area contributed by atoms with Gasteiger partial charge in [-0.1, -0.05) is 26.7 Å². The molecular formula is C13H26N2OS. The minimum atomic E-state index is -0.352. The molecule has 1 aliphatic rings. The Morgan fingerprint density at radius 2 is 2.00 bits per heavy atom. The summed E-state index contributed by atoms with van der Waals surface area (Å²) >= 11 is 1.89. The van der Waals surface area contributed by atoms with E-state index in [1.165, 1.54) is 25.7 Å². The molecule has 1 atom stereocenters. The van der Waals surface area contributed by atoms with Crippen LogP contribution in [-0.4, -0.2) is 29.5 Å². The number of thioether (sulfide) groups is 1. The summed E-state index contributed by atoms with van der Waals surface area (Å²) in [5.41, 5.74) is 5.87. The molecule has 3 N–H and O–H groups in total. The largest absolute Gasteiger partial charge is 0.353 e. The number of amides is 1. The van der Waals surface area contributed by atoms with Crippen molar-refractivity contribution in [3.05, 3.63) is 0 Å². The SMILES string of the molecule is CSC1(CNC(=O)[C@@H](N)CC(C)C)CCCC1. The van der Waals surface area contributed by atoms with Crippen LogP contribution < -0.4 is 11.1 Å². The Balaban J connectivity index is 2.36. The van der Waals surface area contributed by atoms with Crippen LogP contribution in [-0.2, 0) is 4.79 Å². The third kappa shape index (κ3) is 4.51. The third-order valence-corrected chi connectivity index (χ3v) is 5.01. The molecule has 1 saturated carbocycles. The van der Waals surface area contributed by atoms with Crippen LogP contribution in [0.2, 0.25) is 0 Å². The van der Waals surface area contributed by atoms with Gasteiger partial charge in [-0.3, -0.25) is 4.79 Å². The van der Waals surface area contributed by atoms with E-state index in [-0.39, 0.29) is 16.7 Å². The Morgan fingerprint density at radius 1 is 1.41 bits per heavy atom. The zero-order valence-corrected chi connectivity index (χ0v) is 12.1. The highest BCUT2D eigenvalue weighted by molar-refractivity contribution is 8.00. The number of nitrogens with one attached hydrogen (secondary N) is 1. The first-order chi connectivity index (χ1) is 7.99. The normalized spacial score (nSPS) is 20.5. The molecule has 1 aliphatic carbocycles. The molecule has 1 fully saturated rings. The lowest BCUT2D eigenvalue weighted by Crippen LogP contribution is -2.46. The van der Waals surface area contributed by atoms with E-state index in [0.29, 0.717) is 5.92 Å². The van der Waals surface area contributed by atoms with Gasteiger partial charge in [-0.05, 0) is 31.4 Å². The second-order valence-corrected chi connectivity index (χ2v) is 6.82. The maximum atomic E-state index is 11.8. The summed E-state index contributed by atoms with van der Waals surface area (Å²) in [5.74, 6) is 0.482. The van der Waals surface area contributed by atoms with Gasteiger partial charge in [0.2, 0.25) is 5.91 Å². The molecular weight excluding hydrogens is 232 g/mol. The maximum Gasteiger partial charge on any atom is 0.236 e. The Kier molecular flexibility index (Phi) is 5.80. The molecule has 4 heteroatoms. The fourth-order valence-corrected chi connectivity index (χ4v) is 3.38. The van der Waals surface area contributed by atoms with Gasteiger partial charge in [0, 0.05) is 11.3 Å². The summed E-state index contributed by atoms with van der Waals surface area (Å²) < 4.78 is 0.271. The fourth-order valence-electron chi connectivity index (χ4n) is 2.47. The molecule has 3 nitrogen and oxygen atoms in total. The van der Waals surface area contributed by atoms with Gasteiger partial charge < -0.3 is 11.1 Å². The van der Waals surface area contributed by atoms with Gasteiger partial charge in [0.1, 0.15) is 0 Å². The Bertz CT molecular complexity index is 250. The average Bonchev–Trinajstić information content (AvgIpc) is 2.74. The smallest absolute Gasteiger partial charge is 0.236 e. The summed E-state index contributed by atoms with van der Waals surface area (Å²) in [7, 11) is 0. The van der Waals surface area contributed by atoms with Gasteiger partial charge in [-0.15, -0.1) is 0 Å². The van der Waals surface area contributed by atoms with Crippen LogP contribution in [0.25, 0.3) is 0 Å². The first-order valence-electron chi connectivity index (χ1n) is 6.57. The van der Waals surface area contributed by atoms with Crippen LogP contribution in [0.15, 0.2) is 0 Å². The first-order valence-corrected chi connectivity index (χ1v) is 7.80. The number of hydrogen-bond donors (Lipinski definition) is 2. The molecule has 0 heterocycles. The van der Waals surface area contributed by atoms with E-state index in [1.54, 1.807) is 0 Å². The zero-order chi connectivity index (χ0) is 12.9. The molecule has 1 amide bonds. The Morgan fingerprint density at radius 3 is 2.47 bits per heavy atom. The van der Waals surface area contributed by atoms with E-state index in [0.717, 1.165) is 13.0 Å². The summed E-state index contributed by atoms with van der Waals surface area (Å²) in [5, 5.41) is 3.04. The molecule has 100 valence electrons. The second kappa shape index (κ2) is 6.64. The standard InChI is InChI=1S/C13H26N2OS/c1-10(2)8-11(14)12(16)15-9-13(17-3)6-4-5-7-13/h10-11H,4-9,14H2,1-3H3,(H,15,16)/t11-/m0/s1. The molecule has 0 radical (unpaired) electrons. The van der Waals surface area contributed by atoms with Crippen LogP contribution in [0.5, 0.6) is 0 Å². The molecule has 0 aromatic heterocycles. The summed E-state index contributed by atoms with van der Waals surface area (Å²) in [6.45, 7) is 4.96. The Labute approximate surface area is 109 Å². The van der Waals surface area contributed by atoms with Gasteiger partial charge in [0.25, 0.3) is 0 Å². The monoisotopic (exact) mass is 258 g/mol. The van der Waals surface area contributed by atoms with E-state index in [4.69, 9.17) is 5.73 Å². The topological polar surface area (TPSA) is 55.1 Å². The highest BCUT2D eigenvalue weighted by atomic mass is 32.2. The maximum absolute atomic E-state index is 11.8. The predicted molar refractivity (Wildman–Crippen MR) is 75.2 cm³/mol. The quantitative estimate of drug-likeness (QED) is 0.767. The summed E-state index contributed by atoms with van der Waals surface area (Å²) in [6, 6.07) is -0.352. The number of rotatable bonds is 6. The molecule has 0 unspecified atom stereocenters. The van der Waals surface area contributed by atoms with Crippen molar-refractivity contribution in [2.24, 2.45) is 11.7 Å². The number of carbonyl (C=O) groups is 1. The fraction of sp³-hybridized carbons (Fsp3) is 0.923. The lowest BCUT2D eigenvalue weighted by atomic mass is 10.0. The zero-order valence-electron chi connectivity index (χ0n) is 11.3. The summed E-state index contributed by atoms with van der Waals surface area (Å²) in [4.78, 5) is 11.8. The Hall–Kier alpha value is -0.220. The van der Waals surface area contributed by atoms with Crippen molar-refractivity contribution >= 4 is 17.7 Å². The van der Waals surface area contributed by atoms with Crippen LogP contribution in [0.4, 0.5) is 0 Å². The van der Waals surface area contributed by atoms with Crippen molar-refractivity contribution < 1.29 is 4.79 Å². The van der Waals surface area contributed by atoms with Gasteiger partial charge in [0.05, 0.1) is 6.04 Å². The highest BCUT2D eigenvalue weighted by Crippen LogP contribution is 2.39. The predicted octanol–water partition coefficient (Wildman–Crippen LogP) is 2.15. The lowest BCUT2D eigenvalue weighted by molar-refractivity contribution is -0.122. The van der Waals surface area contributed by atoms with E-state index in [9.17, 15) is 4.79 Å². The molecule has 0 aromatic rings. The summed E-state index contributed by atoms with van der Waals surface area (Å²) in [6.07, 6.45) is 7.91. The van der Waals surface area contributed by atoms with Crippen molar-refractivity contribution in [1.82, 2.24) is 5.32 Å². The van der Waals surface area contributed by atoms with E-state index < -0.39 is 0 Å². The van der Waals surface area contributed by atoms with E-state index in [1.807, 2.05) is 11.8 Å². The highest BCUT2D eigenvalue weighted by Gasteiger charge is 2.33. The van der Waals surface area contributed by atoms with Gasteiger partial charge in [0.15, 0.2) is 0 Å². The van der Waals surface area contributed by atoms with Crippen molar-refractivity contribution in [2.45, 2.75) is 56.7 Å². The van der Waals surface area contributed by atoms with Crippen LogP contribution in [0, 0.1) is 5.92 Å². The first kappa shape index (κ1) is 14.8. The average molecular weight is 258 g/mol. The lowest BCUT2D eigenvalue weighted by Gasteiger charge is -2.27. The van der Waals surface area contributed by atoms with Crippen molar-refractivity contribution in [1.29, 1.82) is 0 Å². The van der Waals surface area contributed by atoms with E-state index in [2.05, 4.69) is 25.4 Å². The van der Waals surface area contributed by atoms with Crippen LogP contribution in [0.1, 0.15) is 46.0 Å². The number of carbonyl (C=O) groups excluding carboxylic acids is 1. The van der Waals surface area contributed by atoms with Gasteiger partial charge in [-0.25, -0.2) is 0 Å². The molecule has 17 heavy (non-hydrogen) atoms. The molecule has 0 spiro atoms. The minimum Gasteiger partial charge on any atom is -0.353 e. The minimum absolute atomic E-state index is 0.0130. The number of hydrogen-bond acceptors (Lipinski definition) is 3. The molecule has 0 aliphatic heterocycles. The van der Waals surface area contributed by atoms with Gasteiger partial charge >= 0.3 is 0 Å². The third-order valence-electron chi connectivity index (χ3n) is 3.59. The molecule has 0 saturated heterocycles. The van der Waals surface area contributed by atoms with Crippen molar-refractivity contribution in [3.8, 4) is 0 Å². The molecule has 0 aromatic carbocycles. The molecule has 1 rings (SSSR count). The van der Waals surface area contributed by atoms with Crippen LogP contribution in [0.3, 0.4) is 0 Å².